The Morgan fingerprint density at radius 2 is 0.0909 bits per heavy atom. The van der Waals surface area contributed by atoms with E-state index in [2.05, 4.69) is 0 Å². The third-order valence-electron chi connectivity index (χ3n) is 0. The predicted octanol–water partition coefficient (Wildman–Crippen LogP) is -21.8. The van der Waals surface area contributed by atoms with Crippen LogP contribution >= 0.6 is 0 Å². The van der Waals surface area contributed by atoms with Crippen molar-refractivity contribution in [1.29, 1.82) is 0 Å². The molecule has 0 aliphatic heterocycles. The van der Waals surface area contributed by atoms with Gasteiger partial charge < -0.3 is 2.85 Å². The van der Waals surface area contributed by atoms with E-state index in [1.165, 1.54) is 1330 Å². The summed E-state index contributed by atoms with van der Waals surface area (Å²) in [6.45, 7) is 0. The van der Waals surface area contributed by atoms with E-state index in [-0.39, 0.29) is 106 Å². The average Bonchev–Trinajstić information content (AvgIpc) is 3.24. The van der Waals surface area contributed by atoms with Crippen LogP contribution in [0.25, 0.3) is 0 Å². The van der Waals surface area contributed by atoms with Crippen LogP contribution in [0.4, 0.5) is 0 Å². The Kier molecular flexibility index (Phi) is 1160. The second-order valence-electron chi connectivity index (χ2n) is 0. The van der Waals surface area contributed by atoms with Gasteiger partial charge in [0.1, 0.15) is 0 Å². The Labute approximate surface area is 1330 Å². The molecule has 44 heavy (non-hydrogen) atoms. The molecule has 0 fully saturated rings. The van der Waals surface area contributed by atoms with Crippen molar-refractivity contribution in [3.8, 4) is 0 Å². The molecule has 0 spiro atoms. The summed E-state index contributed by atoms with van der Waals surface area (Å²) in [4.78, 5) is 0. The molecule has 0 nitrogen and oxygen atoms in total. The third-order valence-corrected chi connectivity index (χ3v) is 0. The second-order valence-corrected chi connectivity index (χ2v) is 0. The van der Waals surface area contributed by atoms with Gasteiger partial charge in [0.15, 0.2) is 0 Å². The van der Waals surface area contributed by atoms with Crippen LogP contribution in [0.1, 0.15) is 2.85 Å². The van der Waals surface area contributed by atoms with Crippen molar-refractivity contribution in [2.24, 2.45) is 0 Å². The Morgan fingerprint density at radius 3 is 0.0909 bits per heavy atom. The molecule has 44 heteroatoms. The molecule has 0 saturated heterocycles. The van der Waals surface area contributed by atoms with E-state index < -0.39 is 0 Å². The minimum atomic E-state index is 0. The summed E-state index contributed by atoms with van der Waals surface area (Å²) < 4.78 is 0. The molecule has 0 heterocycles. The van der Waals surface area contributed by atoms with Crippen molar-refractivity contribution < 1.29 is 106 Å². The van der Waals surface area contributed by atoms with Crippen molar-refractivity contribution in [3.63, 3.8) is 0 Å². The first-order chi connectivity index (χ1) is 21.0. The molecule has 0 N–H and O–H groups in total. The summed E-state index contributed by atoms with van der Waals surface area (Å²) in [5.41, 5.74) is 0. The zero-order chi connectivity index (χ0) is 42.0. The van der Waals surface area contributed by atoms with E-state index in [1.54, 1.807) is 0 Å². The van der Waals surface area contributed by atoms with Gasteiger partial charge in [0.05, 0.1) is 0 Å². The first-order valence-electron chi connectivity index (χ1n) is 21.0. The van der Waals surface area contributed by atoms with E-state index in [0.29, 0.717) is 0 Å². The maximum absolute atomic E-state index is 1.25. The minimum absolute atomic E-state index is 0. The molecular weight excluding hydrogens is 1720 g/mol. The summed E-state index contributed by atoms with van der Waals surface area (Å²) in [7, 11) is 0. The van der Waals surface area contributed by atoms with Gasteiger partial charge >= 0.3 is 1430 Å². The fourth-order valence-electron chi connectivity index (χ4n) is 0. The van der Waals surface area contributed by atoms with E-state index >= 15 is 0 Å². The summed E-state index contributed by atoms with van der Waals surface area (Å²) in [6.07, 6.45) is 0. The van der Waals surface area contributed by atoms with Crippen LogP contribution in [0.3, 0.4) is 0 Å². The van der Waals surface area contributed by atoms with Gasteiger partial charge in [0.2, 0.25) is 0 Å². The molecule has 0 aliphatic rings. The monoisotopic (exact) mass is 1720 g/mol. The van der Waals surface area contributed by atoms with Gasteiger partial charge in [-0.05, 0) is 0 Å². The van der Waals surface area contributed by atoms with Crippen molar-refractivity contribution in [3.05, 3.63) is 0 Å². The zero-order valence-corrected chi connectivity index (χ0v) is 181. The molecule has 0 aromatic carbocycles. The molecule has 0 unspecified atom stereocenters. The Balaban J connectivity index is -0.00000000436. The van der Waals surface area contributed by atoms with E-state index in [0.717, 1.165) is 0 Å². The number of hydrogen-bond acceptors (Lipinski definition) is 0. The maximum atomic E-state index is 1.25. The standard InChI is InChI=1S/44K.2H/q;;;;;;;;;;;;;;;;;;;;;;;;;;;;;;;;;;;;;;;;;;2*+1;2*-1. The Bertz CT molecular complexity index is 11.9. The normalized spacial score (nSPS) is 3.82. The van der Waals surface area contributed by atoms with Crippen molar-refractivity contribution in [2.45, 2.75) is 0 Å². The van der Waals surface area contributed by atoms with Gasteiger partial charge in [0.25, 0.3) is 0 Å². The number of rotatable bonds is 0. The van der Waals surface area contributed by atoms with Crippen LogP contribution in [-0.2, 0) is 0 Å². The molecule has 0 saturated carbocycles. The second kappa shape index (κ2) is 288. The molecule has 46 valence electrons. The van der Waals surface area contributed by atoms with Crippen LogP contribution in [0.15, 0.2) is 0 Å². The molecule has 0 aliphatic carbocycles. The fourth-order valence-corrected chi connectivity index (χ4v) is 0. The zero-order valence-electron chi connectivity index (χ0n) is 46.0. The first kappa shape index (κ1) is 177. The van der Waals surface area contributed by atoms with Crippen LogP contribution in [0.2, 0.25) is 0 Å². The van der Waals surface area contributed by atoms with E-state index in [4.69, 9.17) is 0 Å². The molecule has 0 amide bonds. The molecule has 0 radical (unpaired) electrons. The van der Waals surface area contributed by atoms with Crippen molar-refractivity contribution >= 4 is 1330 Å². The van der Waals surface area contributed by atoms with Gasteiger partial charge in [-0.1, -0.05) is 0 Å². The van der Waals surface area contributed by atoms with Crippen molar-refractivity contribution in [1.82, 2.24) is 0 Å². The molecule has 0 atom stereocenters. The van der Waals surface area contributed by atoms with Crippen molar-refractivity contribution in [2.75, 3.05) is 0 Å². The molecule has 0 bridgehead atoms. The Morgan fingerprint density at radius 1 is 0.0909 bits per heavy atom. The fraction of sp³-hybridized carbons (Fsp3) is 0. The average molecular weight is 1720 g/mol. The van der Waals surface area contributed by atoms with Gasteiger partial charge in [0, 0.05) is 0 Å². The van der Waals surface area contributed by atoms with Gasteiger partial charge in [-0.2, -0.15) is 0 Å². The number of hydrogen-bond donors (Lipinski definition) is 0. The van der Waals surface area contributed by atoms with Crippen LogP contribution in [0.5, 0.6) is 0 Å². The van der Waals surface area contributed by atoms with E-state index in [1.807, 2.05) is 0 Å². The van der Waals surface area contributed by atoms with Crippen LogP contribution < -0.4 is 103 Å². The summed E-state index contributed by atoms with van der Waals surface area (Å²) >= 11 is 52.5. The quantitative estimate of drug-likeness (QED) is 0.212. The van der Waals surface area contributed by atoms with Crippen LogP contribution in [-0.4, -0.2) is 1330 Å². The molecule has 0 aromatic rings. The molecule has 0 aromatic heterocycles. The van der Waals surface area contributed by atoms with Crippen LogP contribution in [0, 0.1) is 0 Å². The first-order valence-corrected chi connectivity index (χ1v) is 357. The molecule has 0 rings (SSSR count). The summed E-state index contributed by atoms with van der Waals surface area (Å²) in [5, 5.41) is 0. The van der Waals surface area contributed by atoms with Gasteiger partial charge in [-0.25, -0.2) is 0 Å². The predicted molar refractivity (Wildman–Crippen MR) is 244 cm³/mol. The van der Waals surface area contributed by atoms with Gasteiger partial charge in [-0.15, -0.1) is 0 Å². The summed E-state index contributed by atoms with van der Waals surface area (Å²) in [6, 6.07) is 0. The molecular formula is H2K44. The van der Waals surface area contributed by atoms with E-state index in [9.17, 15) is 0 Å². The van der Waals surface area contributed by atoms with Gasteiger partial charge in [-0.3, -0.25) is 0 Å². The third kappa shape index (κ3) is 281. The Hall–Kier alpha value is 72.0. The topological polar surface area (TPSA) is 0 Å². The summed E-state index contributed by atoms with van der Waals surface area (Å²) in [5.74, 6) is 0. The SMILES string of the molecule is [H-].[H-].[K+].[K+].[K][K].[K][K].[K][K].[K][K].[K][K].[K][K].[K][K].[K][K].[K][K].[K][K].[K][K].[K][K].[K][K].[K][K].[K][K].[K][K].[K][K].[K][K].[K][K].[K][K].[K][K].